The van der Waals surface area contributed by atoms with Crippen LogP contribution in [0.15, 0.2) is 41.2 Å². The zero-order valence-corrected chi connectivity index (χ0v) is 13.3. The maximum absolute atomic E-state index is 11.5. The van der Waals surface area contributed by atoms with Gasteiger partial charge in [-0.3, -0.25) is 10.1 Å². The summed E-state index contributed by atoms with van der Waals surface area (Å²) in [5.74, 6) is 1.23. The largest absolute Gasteiger partial charge is 0.493 e. The molecule has 0 saturated carbocycles. The third-order valence-corrected chi connectivity index (χ3v) is 3.12. The van der Waals surface area contributed by atoms with E-state index in [1.807, 2.05) is 0 Å². The van der Waals surface area contributed by atoms with E-state index >= 15 is 0 Å². The third-order valence-electron chi connectivity index (χ3n) is 3.12. The van der Waals surface area contributed by atoms with Crippen molar-refractivity contribution in [1.82, 2.24) is 15.1 Å². The maximum atomic E-state index is 11.5. The van der Waals surface area contributed by atoms with Gasteiger partial charge in [0.25, 0.3) is 0 Å². The van der Waals surface area contributed by atoms with E-state index in [2.05, 4.69) is 20.4 Å². The molecule has 0 amide bonds. The van der Waals surface area contributed by atoms with Crippen LogP contribution in [0.3, 0.4) is 0 Å². The second-order valence-electron chi connectivity index (χ2n) is 4.83. The number of aromatic nitrogens is 3. The first kappa shape index (κ1) is 16.2. The number of ether oxygens (including phenoxy) is 2. The van der Waals surface area contributed by atoms with Crippen molar-refractivity contribution in [2.24, 2.45) is 0 Å². The first-order valence-corrected chi connectivity index (χ1v) is 7.09. The molecular formula is C15H13N5O5. The van der Waals surface area contributed by atoms with Crippen LogP contribution in [0.25, 0.3) is 0 Å². The summed E-state index contributed by atoms with van der Waals surface area (Å²) in [6, 6.07) is 8.31. The number of anilines is 2. The number of methoxy groups -OCH3 is 1. The summed E-state index contributed by atoms with van der Waals surface area (Å²) >= 11 is 0. The van der Waals surface area contributed by atoms with E-state index in [1.54, 1.807) is 37.3 Å². The van der Waals surface area contributed by atoms with Crippen LogP contribution in [0.5, 0.6) is 17.4 Å². The number of nitrogens with one attached hydrogen (secondary N) is 1. The molecule has 0 radical (unpaired) electrons. The summed E-state index contributed by atoms with van der Waals surface area (Å²) < 4.78 is 15.7. The van der Waals surface area contributed by atoms with Crippen molar-refractivity contribution in [3.05, 3.63) is 52.5 Å². The van der Waals surface area contributed by atoms with E-state index in [-0.39, 0.29) is 23.3 Å². The average Bonchev–Trinajstić information content (AvgIpc) is 3.00. The number of benzene rings is 1. The van der Waals surface area contributed by atoms with Crippen molar-refractivity contribution < 1.29 is 18.9 Å². The predicted molar refractivity (Wildman–Crippen MR) is 86.3 cm³/mol. The molecule has 2 heterocycles. The van der Waals surface area contributed by atoms with Gasteiger partial charge in [-0.2, -0.15) is 4.98 Å². The number of para-hydroxylation sites is 2. The monoisotopic (exact) mass is 343 g/mol. The zero-order valence-electron chi connectivity index (χ0n) is 13.3. The lowest BCUT2D eigenvalue weighted by molar-refractivity contribution is -0.385. The fourth-order valence-corrected chi connectivity index (χ4v) is 2.05. The van der Waals surface area contributed by atoms with Crippen molar-refractivity contribution in [2.75, 3.05) is 12.4 Å². The minimum atomic E-state index is -0.639. The van der Waals surface area contributed by atoms with E-state index < -0.39 is 10.6 Å². The van der Waals surface area contributed by atoms with Crippen molar-refractivity contribution in [1.29, 1.82) is 0 Å². The lowest BCUT2D eigenvalue weighted by atomic mass is 10.3. The third kappa shape index (κ3) is 3.47. The van der Waals surface area contributed by atoms with Gasteiger partial charge in [-0.05, 0) is 19.1 Å². The van der Waals surface area contributed by atoms with E-state index in [9.17, 15) is 10.1 Å². The molecular weight excluding hydrogens is 330 g/mol. The van der Waals surface area contributed by atoms with Crippen LogP contribution >= 0.6 is 0 Å². The standard InChI is InChI=1S/C15H13N5O5/c1-9-7-12(19-25-9)18-14-13(20(21)22)15(17-8-16-14)24-11-6-4-3-5-10(11)23-2/h3-8H,1-2H3,(H,16,17,18,19). The molecule has 3 aromatic rings. The molecule has 0 fully saturated rings. The summed E-state index contributed by atoms with van der Waals surface area (Å²) in [7, 11) is 1.47. The quantitative estimate of drug-likeness (QED) is 0.530. The number of nitrogens with zero attached hydrogens (tertiary/aromatic N) is 4. The van der Waals surface area contributed by atoms with Gasteiger partial charge < -0.3 is 19.3 Å². The molecule has 0 atom stereocenters. The van der Waals surface area contributed by atoms with E-state index in [0.29, 0.717) is 11.5 Å². The molecule has 0 aliphatic heterocycles. The molecule has 0 spiro atoms. The van der Waals surface area contributed by atoms with Gasteiger partial charge in [0, 0.05) is 6.07 Å². The van der Waals surface area contributed by atoms with Gasteiger partial charge in [-0.15, -0.1) is 0 Å². The molecule has 25 heavy (non-hydrogen) atoms. The Labute approximate surface area is 141 Å². The molecule has 0 saturated heterocycles. The van der Waals surface area contributed by atoms with E-state index in [1.165, 1.54) is 7.11 Å². The second-order valence-corrected chi connectivity index (χ2v) is 4.83. The highest BCUT2D eigenvalue weighted by Gasteiger charge is 2.26. The van der Waals surface area contributed by atoms with Gasteiger partial charge in [-0.1, -0.05) is 17.3 Å². The Morgan fingerprint density at radius 3 is 2.64 bits per heavy atom. The maximum Gasteiger partial charge on any atom is 0.373 e. The van der Waals surface area contributed by atoms with Crippen molar-refractivity contribution in [3.8, 4) is 17.4 Å². The number of nitro groups is 1. The van der Waals surface area contributed by atoms with Gasteiger partial charge in [0.05, 0.1) is 12.0 Å². The number of hydrogen-bond donors (Lipinski definition) is 1. The van der Waals surface area contributed by atoms with E-state index in [0.717, 1.165) is 6.33 Å². The Bertz CT molecular complexity index is 911. The first-order chi connectivity index (χ1) is 12.1. The minimum absolute atomic E-state index is 0.0711. The molecule has 10 nitrogen and oxygen atoms in total. The Balaban J connectivity index is 1.99. The van der Waals surface area contributed by atoms with Gasteiger partial charge in [0.2, 0.25) is 5.82 Å². The second kappa shape index (κ2) is 6.83. The Morgan fingerprint density at radius 1 is 1.24 bits per heavy atom. The topological polar surface area (TPSA) is 125 Å². The first-order valence-electron chi connectivity index (χ1n) is 7.09. The van der Waals surface area contributed by atoms with Crippen LogP contribution in [0.4, 0.5) is 17.3 Å². The molecule has 0 bridgehead atoms. The smallest absolute Gasteiger partial charge is 0.373 e. The zero-order chi connectivity index (χ0) is 17.8. The Morgan fingerprint density at radius 2 is 2.00 bits per heavy atom. The highest BCUT2D eigenvalue weighted by molar-refractivity contribution is 5.67. The molecule has 10 heteroatoms. The van der Waals surface area contributed by atoms with Crippen LogP contribution in [0.1, 0.15) is 5.76 Å². The summed E-state index contributed by atoms with van der Waals surface area (Å²) in [4.78, 5) is 18.6. The van der Waals surface area contributed by atoms with Crippen molar-refractivity contribution in [3.63, 3.8) is 0 Å². The lowest BCUT2D eigenvalue weighted by Crippen LogP contribution is -2.04. The molecule has 0 aliphatic carbocycles. The SMILES string of the molecule is COc1ccccc1Oc1ncnc(Nc2cc(C)on2)c1[N+](=O)[O-]. The van der Waals surface area contributed by atoms with Crippen molar-refractivity contribution in [2.45, 2.75) is 6.92 Å². The average molecular weight is 343 g/mol. The van der Waals surface area contributed by atoms with Crippen LogP contribution in [-0.2, 0) is 0 Å². The molecule has 0 unspecified atom stereocenters. The Kier molecular flexibility index (Phi) is 4.42. The molecule has 2 aromatic heterocycles. The van der Waals surface area contributed by atoms with Crippen molar-refractivity contribution >= 4 is 17.3 Å². The van der Waals surface area contributed by atoms with Crippen LogP contribution in [0.2, 0.25) is 0 Å². The fourth-order valence-electron chi connectivity index (χ4n) is 2.05. The molecule has 0 aliphatic rings. The van der Waals surface area contributed by atoms with Gasteiger partial charge in [0.15, 0.2) is 17.3 Å². The summed E-state index contributed by atoms with van der Waals surface area (Å²) in [5.41, 5.74) is -0.436. The van der Waals surface area contributed by atoms with Gasteiger partial charge in [0.1, 0.15) is 12.1 Å². The summed E-state index contributed by atoms with van der Waals surface area (Å²) in [6.07, 6.45) is 1.15. The highest BCUT2D eigenvalue weighted by Crippen LogP contribution is 2.38. The summed E-state index contributed by atoms with van der Waals surface area (Å²) in [5, 5.41) is 18.0. The molecule has 128 valence electrons. The minimum Gasteiger partial charge on any atom is -0.493 e. The lowest BCUT2D eigenvalue weighted by Gasteiger charge is -2.10. The highest BCUT2D eigenvalue weighted by atomic mass is 16.6. The molecule has 1 N–H and O–H groups in total. The predicted octanol–water partition coefficient (Wildman–Crippen LogP) is 3.23. The van der Waals surface area contributed by atoms with Gasteiger partial charge in [-0.25, -0.2) is 4.98 Å². The number of aryl methyl sites for hydroxylation is 1. The fraction of sp³-hybridized carbons (Fsp3) is 0.133. The molecule has 3 rings (SSSR count). The Hall–Kier alpha value is -3.69. The molecule has 1 aromatic carbocycles. The number of hydrogen-bond acceptors (Lipinski definition) is 9. The van der Waals surface area contributed by atoms with Crippen LogP contribution < -0.4 is 14.8 Å². The van der Waals surface area contributed by atoms with E-state index in [4.69, 9.17) is 14.0 Å². The van der Waals surface area contributed by atoms with Gasteiger partial charge >= 0.3 is 11.6 Å². The number of rotatable bonds is 6. The van der Waals surface area contributed by atoms with Crippen LogP contribution in [-0.4, -0.2) is 27.2 Å². The van der Waals surface area contributed by atoms with Crippen LogP contribution in [0, 0.1) is 17.0 Å². The summed E-state index contributed by atoms with van der Waals surface area (Å²) in [6.45, 7) is 1.70. The normalized spacial score (nSPS) is 10.3.